The molecule has 1 N–H and O–H groups in total. The number of hydrogen-bond acceptors (Lipinski definition) is 5. The number of nitriles is 1. The van der Waals surface area contributed by atoms with Crippen molar-refractivity contribution in [2.45, 2.75) is 13.2 Å². The number of amides is 1. The first-order valence-corrected chi connectivity index (χ1v) is 12.7. The van der Waals surface area contributed by atoms with E-state index in [1.165, 1.54) is 30.3 Å². The van der Waals surface area contributed by atoms with Crippen LogP contribution in [-0.4, -0.2) is 13.0 Å². The van der Waals surface area contributed by atoms with E-state index in [2.05, 4.69) is 21.2 Å². The van der Waals surface area contributed by atoms with Crippen molar-refractivity contribution in [2.75, 3.05) is 12.4 Å². The van der Waals surface area contributed by atoms with Crippen LogP contribution in [-0.2, 0) is 18.0 Å². The molecule has 0 aromatic heterocycles. The van der Waals surface area contributed by atoms with Gasteiger partial charge in [-0.25, -0.2) is 4.39 Å². The molecule has 0 saturated heterocycles. The minimum absolute atomic E-state index is 0.135. The van der Waals surface area contributed by atoms with Crippen LogP contribution in [0.5, 0.6) is 17.2 Å². The Bertz CT molecular complexity index is 1520. The third kappa shape index (κ3) is 7.69. The number of halogens is 2. The molecule has 0 aliphatic heterocycles. The number of nitrogens with one attached hydrogen (secondary N) is 1. The summed E-state index contributed by atoms with van der Waals surface area (Å²) in [7, 11) is 1.58. The molecule has 39 heavy (non-hydrogen) atoms. The van der Waals surface area contributed by atoms with Gasteiger partial charge >= 0.3 is 0 Å². The van der Waals surface area contributed by atoms with E-state index in [4.69, 9.17) is 14.2 Å². The molecule has 0 saturated carbocycles. The van der Waals surface area contributed by atoms with Crippen LogP contribution in [0.25, 0.3) is 6.08 Å². The summed E-state index contributed by atoms with van der Waals surface area (Å²) in [6.07, 6.45) is 1.44. The van der Waals surface area contributed by atoms with Crippen molar-refractivity contribution < 1.29 is 23.4 Å². The van der Waals surface area contributed by atoms with E-state index in [0.29, 0.717) is 35.1 Å². The topological polar surface area (TPSA) is 80.6 Å². The molecule has 0 bridgehead atoms. The van der Waals surface area contributed by atoms with Gasteiger partial charge in [-0.1, -0.05) is 52.3 Å². The summed E-state index contributed by atoms with van der Waals surface area (Å²) in [5.41, 5.74) is 2.66. The summed E-state index contributed by atoms with van der Waals surface area (Å²) in [5.74, 6) is 0.622. The summed E-state index contributed by atoms with van der Waals surface area (Å²) in [5, 5.41) is 12.2. The number of ether oxygens (including phenoxy) is 3. The fourth-order valence-electron chi connectivity index (χ4n) is 3.62. The number of benzene rings is 4. The third-order valence-electron chi connectivity index (χ3n) is 5.60. The van der Waals surface area contributed by atoms with Crippen molar-refractivity contribution in [1.82, 2.24) is 0 Å². The Balaban J connectivity index is 1.48. The van der Waals surface area contributed by atoms with Gasteiger partial charge in [0.2, 0.25) is 0 Å². The van der Waals surface area contributed by atoms with Crippen LogP contribution >= 0.6 is 15.9 Å². The van der Waals surface area contributed by atoms with Gasteiger partial charge in [0.05, 0.1) is 7.11 Å². The maximum absolute atomic E-state index is 13.2. The van der Waals surface area contributed by atoms with Crippen LogP contribution in [0.2, 0.25) is 0 Å². The number of carbonyl (C=O) groups is 1. The van der Waals surface area contributed by atoms with Gasteiger partial charge in [-0.15, -0.1) is 0 Å². The van der Waals surface area contributed by atoms with Gasteiger partial charge in [-0.3, -0.25) is 4.79 Å². The van der Waals surface area contributed by atoms with Gasteiger partial charge in [0.15, 0.2) is 11.5 Å². The molecular weight excluding hydrogens is 563 g/mol. The van der Waals surface area contributed by atoms with E-state index in [1.807, 2.05) is 54.6 Å². The van der Waals surface area contributed by atoms with Gasteiger partial charge in [0.1, 0.15) is 36.4 Å². The molecular formula is C31H24BrFN2O4. The molecule has 0 aliphatic carbocycles. The zero-order valence-electron chi connectivity index (χ0n) is 21.0. The molecule has 4 aromatic carbocycles. The number of carbonyl (C=O) groups excluding carboxylic acids is 1. The summed E-state index contributed by atoms with van der Waals surface area (Å²) >= 11 is 3.43. The second kappa shape index (κ2) is 13.3. The van der Waals surface area contributed by atoms with E-state index in [9.17, 15) is 14.4 Å². The number of hydrogen-bond donors (Lipinski definition) is 1. The molecule has 6 nitrogen and oxygen atoms in total. The maximum atomic E-state index is 13.2. The molecule has 0 radical (unpaired) electrons. The first-order chi connectivity index (χ1) is 18.9. The molecule has 196 valence electrons. The quantitative estimate of drug-likeness (QED) is 0.156. The van der Waals surface area contributed by atoms with E-state index < -0.39 is 11.7 Å². The highest BCUT2D eigenvalue weighted by Crippen LogP contribution is 2.31. The molecule has 4 aromatic rings. The van der Waals surface area contributed by atoms with E-state index in [1.54, 1.807) is 25.3 Å². The molecule has 0 unspecified atom stereocenters. The van der Waals surface area contributed by atoms with Gasteiger partial charge < -0.3 is 19.5 Å². The van der Waals surface area contributed by atoms with Gasteiger partial charge in [-0.2, -0.15) is 5.26 Å². The highest BCUT2D eigenvalue weighted by molar-refractivity contribution is 9.10. The maximum Gasteiger partial charge on any atom is 0.266 e. The van der Waals surface area contributed by atoms with E-state index >= 15 is 0 Å². The van der Waals surface area contributed by atoms with Crippen molar-refractivity contribution in [2.24, 2.45) is 0 Å². The van der Waals surface area contributed by atoms with Crippen LogP contribution in [0, 0.1) is 17.1 Å². The predicted octanol–water partition coefficient (Wildman–Crippen LogP) is 7.30. The average molecular weight is 587 g/mol. The SMILES string of the molecule is COc1cc(COc2ccc(Br)cc2/C=C(\C#N)C(=O)Nc2ccc(F)cc2)ccc1OCc1ccccc1. The highest BCUT2D eigenvalue weighted by atomic mass is 79.9. The third-order valence-corrected chi connectivity index (χ3v) is 6.09. The lowest BCUT2D eigenvalue weighted by Gasteiger charge is -2.14. The number of anilines is 1. The fraction of sp³-hybridized carbons (Fsp3) is 0.0968. The van der Waals surface area contributed by atoms with Crippen LogP contribution in [0.1, 0.15) is 16.7 Å². The first kappa shape index (κ1) is 27.4. The number of rotatable bonds is 10. The van der Waals surface area contributed by atoms with Crippen molar-refractivity contribution in [3.63, 3.8) is 0 Å². The zero-order chi connectivity index (χ0) is 27.6. The zero-order valence-corrected chi connectivity index (χ0v) is 22.6. The number of nitrogens with zero attached hydrogens (tertiary/aromatic N) is 1. The summed E-state index contributed by atoms with van der Waals surface area (Å²) in [4.78, 5) is 12.7. The van der Waals surface area contributed by atoms with Crippen LogP contribution < -0.4 is 19.5 Å². The lowest BCUT2D eigenvalue weighted by molar-refractivity contribution is -0.112. The minimum atomic E-state index is -0.620. The Morgan fingerprint density at radius 3 is 2.31 bits per heavy atom. The standard InChI is InChI=1S/C31H24BrFN2O4/c1-37-30-15-22(7-13-29(30)39-19-21-5-3-2-4-6-21)20-38-28-14-8-25(32)17-23(28)16-24(18-34)31(36)35-27-11-9-26(33)10-12-27/h2-17H,19-20H2,1H3,(H,35,36)/b24-16+. The Morgan fingerprint density at radius 2 is 1.59 bits per heavy atom. The van der Waals surface area contributed by atoms with Gasteiger partial charge in [-0.05, 0) is 71.8 Å². The largest absolute Gasteiger partial charge is 0.493 e. The highest BCUT2D eigenvalue weighted by Gasteiger charge is 2.13. The van der Waals surface area contributed by atoms with Crippen molar-refractivity contribution in [3.05, 3.63) is 124 Å². The normalized spacial score (nSPS) is 10.9. The molecule has 0 heterocycles. The Hall–Kier alpha value is -4.61. The van der Waals surface area contributed by atoms with Crippen LogP contribution in [0.3, 0.4) is 0 Å². The molecule has 1 amide bonds. The number of methoxy groups -OCH3 is 1. The minimum Gasteiger partial charge on any atom is -0.493 e. The average Bonchev–Trinajstić information content (AvgIpc) is 2.96. The molecule has 0 spiro atoms. The molecule has 0 fully saturated rings. The molecule has 0 atom stereocenters. The first-order valence-electron chi connectivity index (χ1n) is 11.9. The Morgan fingerprint density at radius 1 is 0.897 bits per heavy atom. The predicted molar refractivity (Wildman–Crippen MR) is 151 cm³/mol. The Kier molecular flexibility index (Phi) is 9.33. The molecule has 8 heteroatoms. The second-order valence-corrected chi connectivity index (χ2v) is 9.28. The monoisotopic (exact) mass is 586 g/mol. The fourth-order valence-corrected chi connectivity index (χ4v) is 4.00. The Labute approximate surface area is 234 Å². The van der Waals surface area contributed by atoms with Crippen LogP contribution in [0.15, 0.2) is 101 Å². The molecule has 4 rings (SSSR count). The van der Waals surface area contributed by atoms with Crippen molar-refractivity contribution in [3.8, 4) is 23.3 Å². The van der Waals surface area contributed by atoms with Gasteiger partial charge in [0.25, 0.3) is 5.91 Å². The smallest absolute Gasteiger partial charge is 0.266 e. The van der Waals surface area contributed by atoms with Crippen LogP contribution in [0.4, 0.5) is 10.1 Å². The van der Waals surface area contributed by atoms with E-state index in [-0.39, 0.29) is 12.2 Å². The lowest BCUT2D eigenvalue weighted by atomic mass is 10.1. The van der Waals surface area contributed by atoms with Crippen molar-refractivity contribution >= 4 is 33.6 Å². The second-order valence-electron chi connectivity index (χ2n) is 8.36. The van der Waals surface area contributed by atoms with Crippen molar-refractivity contribution in [1.29, 1.82) is 5.26 Å². The summed E-state index contributed by atoms with van der Waals surface area (Å²) < 4.78 is 31.4. The molecule has 0 aliphatic rings. The van der Waals surface area contributed by atoms with Gasteiger partial charge in [0, 0.05) is 15.7 Å². The summed E-state index contributed by atoms with van der Waals surface area (Å²) in [6, 6.07) is 27.9. The lowest BCUT2D eigenvalue weighted by Crippen LogP contribution is -2.13. The summed E-state index contributed by atoms with van der Waals surface area (Å²) in [6.45, 7) is 0.624. The van der Waals surface area contributed by atoms with E-state index in [0.717, 1.165) is 15.6 Å².